The van der Waals surface area contributed by atoms with Crippen molar-refractivity contribution in [2.75, 3.05) is 13.2 Å². The van der Waals surface area contributed by atoms with E-state index >= 15 is 0 Å². The Labute approximate surface area is 243 Å². The van der Waals surface area contributed by atoms with E-state index in [0.29, 0.717) is 36.7 Å². The first-order valence-corrected chi connectivity index (χ1v) is 15.6. The van der Waals surface area contributed by atoms with Crippen LogP contribution in [0.25, 0.3) is 0 Å². The van der Waals surface area contributed by atoms with Crippen LogP contribution in [0.2, 0.25) is 0 Å². The van der Waals surface area contributed by atoms with Crippen LogP contribution in [0.3, 0.4) is 0 Å². The van der Waals surface area contributed by atoms with Gasteiger partial charge in [-0.05, 0) is 93.3 Å². The van der Waals surface area contributed by atoms with E-state index in [1.807, 2.05) is 12.1 Å². The minimum atomic E-state index is -0.00613. The monoisotopic (exact) mass is 548 g/mol. The average Bonchev–Trinajstić information content (AvgIpc) is 2.97. The van der Waals surface area contributed by atoms with Crippen molar-refractivity contribution < 1.29 is 19.1 Å². The Morgan fingerprint density at radius 2 is 1.35 bits per heavy atom. The largest absolute Gasteiger partial charge is 0.494 e. The van der Waals surface area contributed by atoms with Gasteiger partial charge in [-0.25, -0.2) is 0 Å². The highest BCUT2D eigenvalue weighted by molar-refractivity contribution is 5.94. The van der Waals surface area contributed by atoms with Gasteiger partial charge in [-0.15, -0.1) is 0 Å². The maximum atomic E-state index is 13.2. The molecule has 0 aromatic heterocycles. The number of Topliss-reactive ketones (excluding diaryl/α,β-unsaturated/α-hetero) is 2. The highest BCUT2D eigenvalue weighted by Crippen LogP contribution is 2.26. The molecule has 0 aliphatic heterocycles. The summed E-state index contributed by atoms with van der Waals surface area (Å²) in [7, 11) is 0. The van der Waals surface area contributed by atoms with Crippen molar-refractivity contribution in [3.05, 3.63) is 71.8 Å². The molecule has 0 aliphatic carbocycles. The lowest BCUT2D eigenvalue weighted by Gasteiger charge is -2.23. The van der Waals surface area contributed by atoms with Crippen molar-refractivity contribution in [2.24, 2.45) is 11.8 Å². The molecule has 0 saturated heterocycles. The molecule has 4 nitrogen and oxygen atoms in total. The van der Waals surface area contributed by atoms with Crippen LogP contribution in [0.15, 0.2) is 60.7 Å². The summed E-state index contributed by atoms with van der Waals surface area (Å²) in [6, 6.07) is 15.6. The SMILES string of the molecule is CCCC/C=C/CCC(Cc1ccc(OCCCCCC)cc1)[C@H](C)C(=O)CCCOc1ccc(C(C)=O)cc1. The van der Waals surface area contributed by atoms with E-state index in [-0.39, 0.29) is 11.7 Å². The van der Waals surface area contributed by atoms with E-state index < -0.39 is 0 Å². The fourth-order valence-corrected chi connectivity index (χ4v) is 4.85. The zero-order valence-corrected chi connectivity index (χ0v) is 25.5. The third-order valence-electron chi connectivity index (χ3n) is 7.60. The molecule has 0 fully saturated rings. The van der Waals surface area contributed by atoms with Gasteiger partial charge in [-0.1, -0.05) is 77.2 Å². The van der Waals surface area contributed by atoms with Crippen LogP contribution in [-0.4, -0.2) is 24.8 Å². The standard InChI is InChI=1S/C36H52O4/c1-5-7-9-11-12-13-16-33(28-31-18-22-34(23-19-31)39-26-14-10-8-6-2)29(3)36(38)17-15-27-40-35-24-20-32(21-25-35)30(4)37/h11-12,18-25,29,33H,5-10,13-17,26-28H2,1-4H3/b12-11+/t29-,33?/m0/s1. The molecule has 0 heterocycles. The van der Waals surface area contributed by atoms with Gasteiger partial charge in [0.25, 0.3) is 0 Å². The Bertz CT molecular complexity index is 990. The molecular formula is C36H52O4. The van der Waals surface area contributed by atoms with E-state index in [9.17, 15) is 9.59 Å². The number of allylic oxidation sites excluding steroid dienone is 2. The van der Waals surface area contributed by atoms with Crippen LogP contribution in [-0.2, 0) is 11.2 Å². The Hall–Kier alpha value is -2.88. The maximum Gasteiger partial charge on any atom is 0.159 e. The molecule has 2 aromatic carbocycles. The third-order valence-corrected chi connectivity index (χ3v) is 7.60. The van der Waals surface area contributed by atoms with E-state index in [2.05, 4.69) is 57.2 Å². The molecule has 0 saturated carbocycles. The van der Waals surface area contributed by atoms with Crippen LogP contribution in [0.5, 0.6) is 11.5 Å². The summed E-state index contributed by atoms with van der Waals surface area (Å²) in [5.41, 5.74) is 1.93. The van der Waals surface area contributed by atoms with E-state index in [0.717, 1.165) is 50.2 Å². The second kappa shape index (κ2) is 20.1. The van der Waals surface area contributed by atoms with Crippen LogP contribution in [0, 0.1) is 11.8 Å². The zero-order valence-electron chi connectivity index (χ0n) is 25.5. The molecule has 2 atom stereocenters. The molecule has 2 rings (SSSR count). The van der Waals surface area contributed by atoms with Gasteiger partial charge in [-0.2, -0.15) is 0 Å². The van der Waals surface area contributed by atoms with Gasteiger partial charge in [-0.3, -0.25) is 9.59 Å². The molecule has 0 aliphatic rings. The molecule has 0 bridgehead atoms. The summed E-state index contributed by atoms with van der Waals surface area (Å²) in [5.74, 6) is 2.29. The van der Waals surface area contributed by atoms with Gasteiger partial charge in [0.05, 0.1) is 13.2 Å². The van der Waals surface area contributed by atoms with Gasteiger partial charge in [0.1, 0.15) is 17.3 Å². The minimum Gasteiger partial charge on any atom is -0.494 e. The smallest absolute Gasteiger partial charge is 0.159 e. The Morgan fingerprint density at radius 3 is 1.98 bits per heavy atom. The van der Waals surface area contributed by atoms with Crippen molar-refractivity contribution in [3.8, 4) is 11.5 Å². The number of hydrogen-bond acceptors (Lipinski definition) is 4. The van der Waals surface area contributed by atoms with Crippen LogP contribution in [0.4, 0.5) is 0 Å². The molecule has 1 unspecified atom stereocenters. The van der Waals surface area contributed by atoms with Gasteiger partial charge >= 0.3 is 0 Å². The summed E-state index contributed by atoms with van der Waals surface area (Å²) >= 11 is 0. The molecule has 4 heteroatoms. The number of rotatable bonds is 22. The predicted octanol–water partition coefficient (Wildman–Crippen LogP) is 9.60. The number of carbonyl (C=O) groups excluding carboxylic acids is 2. The first kappa shape index (κ1) is 33.3. The normalized spacial score (nSPS) is 12.8. The molecule has 0 N–H and O–H groups in total. The number of benzene rings is 2. The summed E-state index contributed by atoms with van der Waals surface area (Å²) in [5, 5.41) is 0. The molecule has 220 valence electrons. The van der Waals surface area contributed by atoms with Gasteiger partial charge in [0, 0.05) is 17.9 Å². The van der Waals surface area contributed by atoms with Crippen LogP contribution < -0.4 is 9.47 Å². The summed E-state index contributed by atoms with van der Waals surface area (Å²) in [6.07, 6.45) is 17.1. The molecule has 40 heavy (non-hydrogen) atoms. The molecule has 0 amide bonds. The number of unbranched alkanes of at least 4 members (excludes halogenated alkanes) is 5. The molecule has 2 aromatic rings. The van der Waals surface area contributed by atoms with Crippen molar-refractivity contribution in [1.29, 1.82) is 0 Å². The second-order valence-corrected chi connectivity index (χ2v) is 11.0. The lowest BCUT2D eigenvalue weighted by Crippen LogP contribution is -2.23. The summed E-state index contributed by atoms with van der Waals surface area (Å²) in [4.78, 5) is 24.6. The van der Waals surface area contributed by atoms with Crippen molar-refractivity contribution >= 4 is 11.6 Å². The summed E-state index contributed by atoms with van der Waals surface area (Å²) in [6.45, 7) is 9.35. The Balaban J connectivity index is 1.88. The molecule has 0 radical (unpaired) electrons. The zero-order chi connectivity index (χ0) is 29.0. The highest BCUT2D eigenvalue weighted by atomic mass is 16.5. The van der Waals surface area contributed by atoms with Gasteiger partial charge in [0.2, 0.25) is 0 Å². The first-order valence-electron chi connectivity index (χ1n) is 15.6. The predicted molar refractivity (Wildman–Crippen MR) is 167 cm³/mol. The number of carbonyl (C=O) groups is 2. The number of ether oxygens (including phenoxy) is 2. The lowest BCUT2D eigenvalue weighted by atomic mass is 9.81. The fourth-order valence-electron chi connectivity index (χ4n) is 4.85. The second-order valence-electron chi connectivity index (χ2n) is 11.0. The Morgan fingerprint density at radius 1 is 0.750 bits per heavy atom. The third kappa shape index (κ3) is 13.5. The lowest BCUT2D eigenvalue weighted by molar-refractivity contribution is -0.124. The highest BCUT2D eigenvalue weighted by Gasteiger charge is 2.23. The first-order chi connectivity index (χ1) is 19.4. The Kier molecular flexibility index (Phi) is 16.7. The van der Waals surface area contributed by atoms with Crippen molar-refractivity contribution in [3.63, 3.8) is 0 Å². The topological polar surface area (TPSA) is 52.6 Å². The van der Waals surface area contributed by atoms with Crippen LogP contribution in [0.1, 0.15) is 114 Å². The van der Waals surface area contributed by atoms with E-state index in [1.54, 1.807) is 19.1 Å². The van der Waals surface area contributed by atoms with E-state index in [4.69, 9.17) is 9.47 Å². The summed E-state index contributed by atoms with van der Waals surface area (Å²) < 4.78 is 11.7. The van der Waals surface area contributed by atoms with Gasteiger partial charge in [0.15, 0.2) is 5.78 Å². The maximum absolute atomic E-state index is 13.2. The fraction of sp³-hybridized carbons (Fsp3) is 0.556. The van der Waals surface area contributed by atoms with E-state index in [1.165, 1.54) is 37.7 Å². The molecule has 0 spiro atoms. The quantitative estimate of drug-likeness (QED) is 0.0835. The van der Waals surface area contributed by atoms with Crippen molar-refractivity contribution in [1.82, 2.24) is 0 Å². The molecular weight excluding hydrogens is 496 g/mol. The van der Waals surface area contributed by atoms with Crippen LogP contribution >= 0.6 is 0 Å². The minimum absolute atomic E-state index is 0.00613. The average molecular weight is 549 g/mol. The van der Waals surface area contributed by atoms with Gasteiger partial charge < -0.3 is 9.47 Å². The number of hydrogen-bond donors (Lipinski definition) is 0. The number of ketones is 2. The van der Waals surface area contributed by atoms with Crippen molar-refractivity contribution in [2.45, 2.75) is 105 Å².